The first-order valence-electron chi connectivity index (χ1n) is 9.01. The van der Waals surface area contributed by atoms with Crippen molar-refractivity contribution in [3.05, 3.63) is 65.2 Å². The molecule has 1 aliphatic heterocycles. The Morgan fingerprint density at radius 3 is 2.58 bits per heavy atom. The largest absolute Gasteiger partial charge is 0.342 e. The van der Waals surface area contributed by atoms with Crippen molar-refractivity contribution < 1.29 is 13.6 Å². The van der Waals surface area contributed by atoms with E-state index in [4.69, 9.17) is 0 Å². The van der Waals surface area contributed by atoms with Gasteiger partial charge in [-0.05, 0) is 30.4 Å². The molecule has 2 N–H and O–H groups in total. The monoisotopic (exact) mass is 357 g/mol. The van der Waals surface area contributed by atoms with Crippen LogP contribution in [0, 0.1) is 5.95 Å². The van der Waals surface area contributed by atoms with Gasteiger partial charge in [0, 0.05) is 18.5 Å². The Kier molecular flexibility index (Phi) is 4.68. The van der Waals surface area contributed by atoms with Crippen LogP contribution in [0.2, 0.25) is 0 Å². The number of amides is 1. The minimum absolute atomic E-state index is 0.149. The van der Waals surface area contributed by atoms with Crippen LogP contribution >= 0.6 is 0 Å². The van der Waals surface area contributed by atoms with Crippen molar-refractivity contribution in [2.24, 2.45) is 0 Å². The molecule has 2 heterocycles. The Bertz CT molecular complexity index is 795. The molecule has 4 nitrogen and oxygen atoms in total. The molecule has 0 bridgehead atoms. The lowest BCUT2D eigenvalue weighted by molar-refractivity contribution is -0.123. The summed E-state index contributed by atoms with van der Waals surface area (Å²) in [5, 5.41) is 5.78. The molecule has 3 atom stereocenters. The van der Waals surface area contributed by atoms with Crippen LogP contribution in [0.4, 0.5) is 8.78 Å². The second-order valence-electron chi connectivity index (χ2n) is 7.04. The number of alkyl halides is 1. The molecule has 2 aliphatic rings. The molecular weight excluding hydrogens is 336 g/mol. The van der Waals surface area contributed by atoms with E-state index in [1.54, 1.807) is 12.1 Å². The van der Waals surface area contributed by atoms with E-state index in [0.717, 1.165) is 18.4 Å². The second kappa shape index (κ2) is 7.11. The molecule has 2 fully saturated rings. The number of hydrogen-bond donors (Lipinski definition) is 2. The lowest BCUT2D eigenvalue weighted by Crippen LogP contribution is -2.42. The van der Waals surface area contributed by atoms with E-state index in [9.17, 15) is 13.6 Å². The lowest BCUT2D eigenvalue weighted by atomic mass is 10.0. The van der Waals surface area contributed by atoms with Gasteiger partial charge in [-0.2, -0.15) is 4.39 Å². The van der Waals surface area contributed by atoms with Crippen molar-refractivity contribution in [3.8, 4) is 0 Å². The van der Waals surface area contributed by atoms with Gasteiger partial charge >= 0.3 is 0 Å². The number of aromatic nitrogens is 1. The second-order valence-corrected chi connectivity index (χ2v) is 7.04. The van der Waals surface area contributed by atoms with Crippen LogP contribution in [-0.4, -0.2) is 29.6 Å². The number of hydrogen-bond acceptors (Lipinski definition) is 3. The van der Waals surface area contributed by atoms with Crippen LogP contribution in [0.25, 0.3) is 0 Å². The third kappa shape index (κ3) is 3.60. The van der Waals surface area contributed by atoms with Crippen molar-refractivity contribution in [1.82, 2.24) is 15.6 Å². The first-order chi connectivity index (χ1) is 12.6. The number of carbonyl (C=O) groups is 1. The molecule has 0 spiro atoms. The summed E-state index contributed by atoms with van der Waals surface area (Å²) in [5.74, 6) is -0.499. The fourth-order valence-corrected chi connectivity index (χ4v) is 3.43. The van der Waals surface area contributed by atoms with Gasteiger partial charge in [0.1, 0.15) is 6.17 Å². The zero-order valence-electron chi connectivity index (χ0n) is 14.3. The van der Waals surface area contributed by atoms with Gasteiger partial charge in [0.25, 0.3) is 0 Å². The van der Waals surface area contributed by atoms with Crippen LogP contribution in [0.1, 0.15) is 48.0 Å². The third-order valence-corrected chi connectivity index (χ3v) is 5.03. The van der Waals surface area contributed by atoms with Crippen molar-refractivity contribution in [1.29, 1.82) is 0 Å². The van der Waals surface area contributed by atoms with Gasteiger partial charge in [-0.15, -0.1) is 0 Å². The van der Waals surface area contributed by atoms with Crippen LogP contribution in [-0.2, 0) is 4.79 Å². The molecule has 136 valence electrons. The number of benzene rings is 1. The number of halogens is 2. The average molecular weight is 357 g/mol. The van der Waals surface area contributed by atoms with E-state index in [0.29, 0.717) is 11.3 Å². The van der Waals surface area contributed by atoms with Gasteiger partial charge in [0.2, 0.25) is 11.9 Å². The zero-order valence-corrected chi connectivity index (χ0v) is 14.3. The number of carbonyl (C=O) groups excluding carboxylic acids is 1. The van der Waals surface area contributed by atoms with Crippen LogP contribution in [0.5, 0.6) is 0 Å². The summed E-state index contributed by atoms with van der Waals surface area (Å²) in [6.45, 7) is 0.178. The Morgan fingerprint density at radius 2 is 1.96 bits per heavy atom. The topological polar surface area (TPSA) is 54.0 Å². The van der Waals surface area contributed by atoms with E-state index >= 15 is 0 Å². The maximum atomic E-state index is 14.4. The molecule has 3 unspecified atom stereocenters. The molecular formula is C20H21F2N3O. The molecule has 1 aromatic heterocycles. The van der Waals surface area contributed by atoms with Crippen molar-refractivity contribution >= 4 is 5.91 Å². The Hall–Kier alpha value is -2.34. The van der Waals surface area contributed by atoms with Crippen molar-refractivity contribution in [2.45, 2.75) is 43.4 Å². The maximum absolute atomic E-state index is 14.4. The van der Waals surface area contributed by atoms with Gasteiger partial charge in [-0.3, -0.25) is 4.79 Å². The molecule has 1 aliphatic carbocycles. The summed E-state index contributed by atoms with van der Waals surface area (Å²) in [7, 11) is 0. The summed E-state index contributed by atoms with van der Waals surface area (Å²) in [5.41, 5.74) is 1.90. The molecule has 6 heteroatoms. The van der Waals surface area contributed by atoms with Crippen molar-refractivity contribution in [3.63, 3.8) is 0 Å². The number of rotatable bonds is 5. The predicted molar refractivity (Wildman–Crippen MR) is 93.9 cm³/mol. The predicted octanol–water partition coefficient (Wildman–Crippen LogP) is 3.00. The molecule has 1 saturated heterocycles. The van der Waals surface area contributed by atoms with Crippen LogP contribution in [0.3, 0.4) is 0 Å². The van der Waals surface area contributed by atoms with E-state index < -0.39 is 24.2 Å². The summed E-state index contributed by atoms with van der Waals surface area (Å²) in [4.78, 5) is 16.7. The summed E-state index contributed by atoms with van der Waals surface area (Å²) in [6.07, 6.45) is 1.12. The average Bonchev–Trinajstić information content (AvgIpc) is 3.40. The van der Waals surface area contributed by atoms with Crippen molar-refractivity contribution in [2.75, 3.05) is 6.54 Å². The third-order valence-electron chi connectivity index (χ3n) is 5.03. The number of pyridine rings is 1. The van der Waals surface area contributed by atoms with Gasteiger partial charge in [-0.1, -0.05) is 36.4 Å². The Balaban J connectivity index is 1.61. The molecule has 26 heavy (non-hydrogen) atoms. The molecule has 0 radical (unpaired) electrons. The summed E-state index contributed by atoms with van der Waals surface area (Å²) >= 11 is 0. The quantitative estimate of drug-likeness (QED) is 0.809. The zero-order chi connectivity index (χ0) is 18.1. The smallest absolute Gasteiger partial charge is 0.238 e. The molecule has 1 aromatic carbocycles. The SMILES string of the molecule is O=C(NC(c1ccccc1)c1ccc(C2CC2)c(F)n1)C1CC(F)CN1. The van der Waals surface area contributed by atoms with Gasteiger partial charge in [0.15, 0.2) is 0 Å². The standard InChI is InChI=1S/C20H21F2N3O/c21-14-10-17(23-11-14)20(26)25-18(13-4-2-1-3-5-13)16-9-8-15(12-6-7-12)19(22)24-16/h1-5,8-9,12,14,17-18,23H,6-7,10-11H2,(H,25,26). The van der Waals surface area contributed by atoms with E-state index in [-0.39, 0.29) is 24.8 Å². The highest BCUT2D eigenvalue weighted by atomic mass is 19.1. The summed E-state index contributed by atoms with van der Waals surface area (Å²) < 4.78 is 27.8. The molecule has 4 rings (SSSR count). The highest BCUT2D eigenvalue weighted by molar-refractivity contribution is 5.83. The first kappa shape index (κ1) is 17.1. The maximum Gasteiger partial charge on any atom is 0.238 e. The normalized spacial score (nSPS) is 23.6. The lowest BCUT2D eigenvalue weighted by Gasteiger charge is -2.21. The van der Waals surface area contributed by atoms with E-state index in [1.165, 1.54) is 0 Å². The molecule has 1 saturated carbocycles. The van der Waals surface area contributed by atoms with E-state index in [1.807, 2.05) is 30.3 Å². The number of nitrogens with zero attached hydrogens (tertiary/aromatic N) is 1. The number of nitrogens with one attached hydrogen (secondary N) is 2. The molecule has 1 amide bonds. The fourth-order valence-electron chi connectivity index (χ4n) is 3.43. The van der Waals surface area contributed by atoms with E-state index in [2.05, 4.69) is 15.6 Å². The van der Waals surface area contributed by atoms with Gasteiger partial charge in [0.05, 0.1) is 17.8 Å². The fraction of sp³-hybridized carbons (Fsp3) is 0.400. The van der Waals surface area contributed by atoms with Gasteiger partial charge in [-0.25, -0.2) is 9.37 Å². The highest BCUT2D eigenvalue weighted by Crippen LogP contribution is 2.41. The Labute approximate surface area is 151 Å². The minimum atomic E-state index is -1.02. The van der Waals surface area contributed by atoms with Gasteiger partial charge < -0.3 is 10.6 Å². The minimum Gasteiger partial charge on any atom is -0.342 e. The van der Waals surface area contributed by atoms with Crippen LogP contribution < -0.4 is 10.6 Å². The van der Waals surface area contributed by atoms with Crippen LogP contribution in [0.15, 0.2) is 42.5 Å². The highest BCUT2D eigenvalue weighted by Gasteiger charge is 2.32. The Morgan fingerprint density at radius 1 is 1.19 bits per heavy atom. The molecule has 2 aromatic rings. The summed E-state index contributed by atoms with van der Waals surface area (Å²) in [6, 6.07) is 11.7. The first-order valence-corrected chi connectivity index (χ1v) is 9.01.